The summed E-state index contributed by atoms with van der Waals surface area (Å²) in [5.74, 6) is -0.454. The Labute approximate surface area is 205 Å². The van der Waals surface area contributed by atoms with Crippen LogP contribution >= 0.6 is 0 Å². The summed E-state index contributed by atoms with van der Waals surface area (Å²) in [5.41, 5.74) is 2.27. The molecule has 0 aliphatic rings. The maximum Gasteiger partial charge on any atom is 0.354 e. The Morgan fingerprint density at radius 2 is 1.77 bits per heavy atom. The highest BCUT2D eigenvalue weighted by molar-refractivity contribution is 7.89. The number of hydrogen-bond donors (Lipinski definition) is 0. The van der Waals surface area contributed by atoms with Crippen LogP contribution in [0.3, 0.4) is 0 Å². The Morgan fingerprint density at radius 1 is 1.09 bits per heavy atom. The minimum atomic E-state index is -4.05. The predicted octanol–water partition coefficient (Wildman–Crippen LogP) is 3.39. The van der Waals surface area contributed by atoms with Gasteiger partial charge in [0.1, 0.15) is 11.4 Å². The Morgan fingerprint density at radius 3 is 2.31 bits per heavy atom. The smallest absolute Gasteiger partial charge is 0.354 e. The van der Waals surface area contributed by atoms with Gasteiger partial charge < -0.3 is 14.0 Å². The number of Topliss-reactive ketones (excluding diaryl/α,β-unsaturated/α-hetero) is 1. The van der Waals surface area contributed by atoms with Gasteiger partial charge in [-0.15, -0.1) is 0 Å². The topological polar surface area (TPSA) is 108 Å². The lowest BCUT2D eigenvalue weighted by Gasteiger charge is -2.22. The number of hydrogen-bond acceptors (Lipinski definition) is 7. The second-order valence-corrected chi connectivity index (χ2v) is 9.84. The van der Waals surface area contributed by atoms with Crippen molar-refractivity contribution >= 4 is 21.8 Å². The van der Waals surface area contributed by atoms with E-state index < -0.39 is 28.3 Å². The number of methoxy groups -OCH3 is 2. The number of ether oxygens (including phenoxy) is 2. The van der Waals surface area contributed by atoms with E-state index in [1.165, 1.54) is 26.4 Å². The molecule has 9 nitrogen and oxygen atoms in total. The first-order valence-electron chi connectivity index (χ1n) is 11.0. The van der Waals surface area contributed by atoms with E-state index in [-0.39, 0.29) is 17.1 Å². The lowest BCUT2D eigenvalue weighted by atomic mass is 10.1. The molecule has 35 heavy (non-hydrogen) atoms. The zero-order chi connectivity index (χ0) is 25.8. The quantitative estimate of drug-likeness (QED) is 0.311. The second-order valence-electron chi connectivity index (χ2n) is 7.90. The number of pyridine rings is 1. The summed E-state index contributed by atoms with van der Waals surface area (Å²) in [6.45, 7) is 5.25. The maximum atomic E-state index is 13.6. The van der Waals surface area contributed by atoms with Crippen molar-refractivity contribution in [3.05, 3.63) is 76.9 Å². The first-order chi connectivity index (χ1) is 16.6. The molecule has 0 N–H and O–H groups in total. The molecule has 3 rings (SSSR count). The third-order valence-electron chi connectivity index (χ3n) is 5.84. The van der Waals surface area contributed by atoms with Crippen molar-refractivity contribution in [1.29, 1.82) is 0 Å². The summed E-state index contributed by atoms with van der Waals surface area (Å²) >= 11 is 0. The third-order valence-corrected chi connectivity index (χ3v) is 7.65. The highest BCUT2D eigenvalue weighted by Crippen LogP contribution is 2.26. The molecule has 0 radical (unpaired) electrons. The Bertz CT molecular complexity index is 1320. The van der Waals surface area contributed by atoms with Crippen molar-refractivity contribution in [3.8, 4) is 5.75 Å². The van der Waals surface area contributed by atoms with Crippen molar-refractivity contribution in [2.45, 2.75) is 38.8 Å². The predicted molar refractivity (Wildman–Crippen MR) is 130 cm³/mol. The van der Waals surface area contributed by atoms with E-state index in [1.54, 1.807) is 55.1 Å². The highest BCUT2D eigenvalue weighted by Gasteiger charge is 2.31. The van der Waals surface area contributed by atoms with Gasteiger partial charge in [0.2, 0.25) is 10.0 Å². The van der Waals surface area contributed by atoms with Gasteiger partial charge in [0.05, 0.1) is 25.7 Å². The average Bonchev–Trinajstić information content (AvgIpc) is 3.12. The molecular formula is C25H29N3O6S. The van der Waals surface area contributed by atoms with Crippen molar-refractivity contribution in [3.63, 3.8) is 0 Å². The van der Waals surface area contributed by atoms with Gasteiger partial charge in [-0.25, -0.2) is 13.2 Å². The van der Waals surface area contributed by atoms with Gasteiger partial charge in [-0.3, -0.25) is 9.78 Å². The van der Waals surface area contributed by atoms with Crippen LogP contribution in [0.5, 0.6) is 5.75 Å². The highest BCUT2D eigenvalue weighted by atomic mass is 32.2. The van der Waals surface area contributed by atoms with E-state index in [0.717, 1.165) is 4.31 Å². The van der Waals surface area contributed by atoms with Crippen molar-refractivity contribution in [2.24, 2.45) is 0 Å². The molecule has 0 aliphatic carbocycles. The van der Waals surface area contributed by atoms with Crippen LogP contribution in [0.1, 0.15) is 44.6 Å². The van der Waals surface area contributed by atoms with Crippen LogP contribution in [0.15, 0.2) is 53.7 Å². The molecule has 186 valence electrons. The number of aromatic nitrogens is 2. The van der Waals surface area contributed by atoms with Crippen LogP contribution in [0.25, 0.3) is 0 Å². The van der Waals surface area contributed by atoms with Gasteiger partial charge in [0.15, 0.2) is 5.78 Å². The zero-order valence-corrected chi connectivity index (χ0v) is 21.3. The average molecular weight is 500 g/mol. The SMILES string of the molecule is CCn1c(C)c(C(=O)CN(Cc2cccnc2)S(=O)(=O)c2ccc(OC)cc2)c(C)c1C(=O)OC. The van der Waals surface area contributed by atoms with E-state index in [9.17, 15) is 18.0 Å². The fraction of sp³-hybridized carbons (Fsp3) is 0.320. The molecule has 0 atom stereocenters. The van der Waals surface area contributed by atoms with E-state index >= 15 is 0 Å². The molecule has 0 bridgehead atoms. The van der Waals surface area contributed by atoms with Gasteiger partial charge in [-0.1, -0.05) is 6.07 Å². The summed E-state index contributed by atoms with van der Waals surface area (Å²) in [5, 5.41) is 0. The summed E-state index contributed by atoms with van der Waals surface area (Å²) in [7, 11) is -1.28. The summed E-state index contributed by atoms with van der Waals surface area (Å²) in [4.78, 5) is 30.0. The Balaban J connectivity index is 2.05. The summed E-state index contributed by atoms with van der Waals surface area (Å²) in [6.07, 6.45) is 3.14. The number of esters is 1. The second kappa shape index (κ2) is 10.8. The number of carbonyl (C=O) groups is 2. The molecule has 0 fully saturated rings. The molecule has 2 aromatic heterocycles. The van der Waals surface area contributed by atoms with Crippen LogP contribution < -0.4 is 4.74 Å². The largest absolute Gasteiger partial charge is 0.497 e. The Hall–Kier alpha value is -3.50. The summed E-state index contributed by atoms with van der Waals surface area (Å²) in [6, 6.07) is 9.42. The number of ketones is 1. The molecule has 1 aromatic carbocycles. The molecule has 2 heterocycles. The number of benzene rings is 1. The minimum Gasteiger partial charge on any atom is -0.497 e. The van der Waals surface area contributed by atoms with Gasteiger partial charge in [-0.05, 0) is 62.2 Å². The first-order valence-corrected chi connectivity index (χ1v) is 12.4. The van der Waals surface area contributed by atoms with Gasteiger partial charge in [0.25, 0.3) is 0 Å². The Kier molecular flexibility index (Phi) is 8.08. The monoisotopic (exact) mass is 499 g/mol. The van der Waals surface area contributed by atoms with Crippen LogP contribution in [0.2, 0.25) is 0 Å². The number of carbonyl (C=O) groups excluding carboxylic acids is 2. The van der Waals surface area contributed by atoms with Gasteiger partial charge >= 0.3 is 5.97 Å². The number of sulfonamides is 1. The molecular weight excluding hydrogens is 470 g/mol. The number of rotatable bonds is 10. The van der Waals surface area contributed by atoms with E-state index in [1.807, 2.05) is 6.92 Å². The molecule has 0 saturated carbocycles. The summed E-state index contributed by atoms with van der Waals surface area (Å²) < 4.78 is 40.0. The molecule has 0 spiro atoms. The third kappa shape index (κ3) is 5.28. The number of nitrogens with zero attached hydrogens (tertiary/aromatic N) is 3. The van der Waals surface area contributed by atoms with E-state index in [4.69, 9.17) is 9.47 Å². The van der Waals surface area contributed by atoms with E-state index in [2.05, 4.69) is 4.98 Å². The van der Waals surface area contributed by atoms with Crippen molar-refractivity contribution in [1.82, 2.24) is 13.9 Å². The molecule has 0 amide bonds. The molecule has 3 aromatic rings. The molecule has 0 saturated heterocycles. The fourth-order valence-corrected chi connectivity index (χ4v) is 5.50. The van der Waals surface area contributed by atoms with Crippen LogP contribution in [-0.2, 0) is 27.8 Å². The normalized spacial score (nSPS) is 11.5. The van der Waals surface area contributed by atoms with Crippen molar-refractivity contribution in [2.75, 3.05) is 20.8 Å². The van der Waals surface area contributed by atoms with Gasteiger partial charge in [-0.2, -0.15) is 4.31 Å². The van der Waals surface area contributed by atoms with Gasteiger partial charge in [0, 0.05) is 36.7 Å². The van der Waals surface area contributed by atoms with Crippen LogP contribution in [-0.4, -0.2) is 54.8 Å². The zero-order valence-electron chi connectivity index (χ0n) is 20.4. The molecule has 0 unspecified atom stereocenters. The van der Waals surface area contributed by atoms with Crippen LogP contribution in [0, 0.1) is 13.8 Å². The first kappa shape index (κ1) is 26.1. The lowest BCUT2D eigenvalue weighted by molar-refractivity contribution is 0.0587. The maximum absolute atomic E-state index is 13.6. The van der Waals surface area contributed by atoms with Crippen LogP contribution in [0.4, 0.5) is 0 Å². The fourth-order valence-electron chi connectivity index (χ4n) is 4.12. The molecule has 10 heteroatoms. The molecule has 0 aliphatic heterocycles. The lowest BCUT2D eigenvalue weighted by Crippen LogP contribution is -2.35. The van der Waals surface area contributed by atoms with E-state index in [0.29, 0.717) is 34.7 Å². The standard InChI is InChI=1S/C25H29N3O6S/c1-6-28-18(3)23(17(2)24(28)25(30)34-5)22(29)16-27(15-19-8-7-13-26-14-19)35(31,32)21-11-9-20(33-4)10-12-21/h7-14H,6,15-16H2,1-5H3. The minimum absolute atomic E-state index is 0.0322. The van der Waals surface area contributed by atoms with Crippen molar-refractivity contribution < 1.29 is 27.5 Å².